The van der Waals surface area contributed by atoms with E-state index in [9.17, 15) is 52.7 Å². The molecule has 77 heavy (non-hydrogen) atoms. The number of ether oxygens (including phenoxy) is 4. The van der Waals surface area contributed by atoms with E-state index in [0.29, 0.717) is 54.3 Å². The Labute approximate surface area is 449 Å². The summed E-state index contributed by atoms with van der Waals surface area (Å²) >= 11 is 18.2. The van der Waals surface area contributed by atoms with Gasteiger partial charge < -0.3 is 40.3 Å². The number of nitrogens with zero attached hydrogens (tertiary/aromatic N) is 2. The lowest BCUT2D eigenvalue weighted by Gasteiger charge is -2.14. The molecule has 8 aromatic rings. The van der Waals surface area contributed by atoms with Gasteiger partial charge in [-0.3, -0.25) is 4.79 Å². The van der Waals surface area contributed by atoms with Crippen molar-refractivity contribution in [2.24, 2.45) is 5.73 Å². The fourth-order valence-electron chi connectivity index (χ4n) is 6.46. The van der Waals surface area contributed by atoms with Crippen LogP contribution in [0, 0.1) is 0 Å². The highest BCUT2D eigenvalue weighted by Gasteiger charge is 2.28. The summed E-state index contributed by atoms with van der Waals surface area (Å²) in [6.45, 7) is -1.57. The fourth-order valence-corrected chi connectivity index (χ4v) is 7.93. The van der Waals surface area contributed by atoms with E-state index < -0.39 is 53.4 Å². The van der Waals surface area contributed by atoms with Crippen molar-refractivity contribution in [2.75, 3.05) is 50.2 Å². The molecule has 0 saturated heterocycles. The number of halogens is 12. The number of para-hydroxylation sites is 3. The van der Waals surface area contributed by atoms with Crippen LogP contribution in [0.2, 0.25) is 15.1 Å². The number of nitrogens with two attached hydrogens (primary N) is 1. The molecular weight excluding hydrogens is 1120 g/mol. The van der Waals surface area contributed by atoms with E-state index in [-0.39, 0.29) is 40.7 Å². The van der Waals surface area contributed by atoms with E-state index >= 15 is 0 Å². The minimum absolute atomic E-state index is 0.0158. The van der Waals surface area contributed by atoms with Crippen LogP contribution in [0.4, 0.5) is 51.1 Å². The summed E-state index contributed by atoms with van der Waals surface area (Å²) in [5, 5.41) is 6.94. The molecule has 0 aliphatic heterocycles. The number of aromatic nitrogens is 3. The van der Waals surface area contributed by atoms with Gasteiger partial charge in [-0.1, -0.05) is 84.2 Å². The van der Waals surface area contributed by atoms with Gasteiger partial charge in [0.25, 0.3) is 0 Å². The molecule has 0 fully saturated rings. The second kappa shape index (κ2) is 26.9. The SMILES string of the molecule is CCS(=O)(=O)c1cc(OCc2ccc(OC)cc2)c2cccc(Cl)c2n1.COc1ccc(COc2cc(NCC(F)(F)F)nc3c(Cl)cccc23)cc1.NCC(F)(F)F.O=c1cc(NCC(F)(F)F)[nH]c2c(Cl)cccc12. The van der Waals surface area contributed by atoms with E-state index in [1.807, 2.05) is 36.4 Å². The summed E-state index contributed by atoms with van der Waals surface area (Å²) in [6, 6.07) is 33.8. The maximum Gasteiger partial charge on any atom is 0.405 e. The number of alkyl halides is 9. The Kier molecular flexibility index (Phi) is 21.3. The topological polar surface area (TPSA) is 180 Å². The molecule has 0 aliphatic carbocycles. The zero-order chi connectivity index (χ0) is 56.7. The Morgan fingerprint density at radius 3 is 1.49 bits per heavy atom. The van der Waals surface area contributed by atoms with Crippen LogP contribution in [-0.2, 0) is 23.1 Å². The molecular formula is C51H46Cl3F9N6O7S. The van der Waals surface area contributed by atoms with Gasteiger partial charge in [-0.05, 0) is 71.8 Å². The summed E-state index contributed by atoms with van der Waals surface area (Å²) in [5.74, 6) is 2.28. The largest absolute Gasteiger partial charge is 0.497 e. The number of benzene rings is 5. The normalized spacial score (nSPS) is 11.6. The van der Waals surface area contributed by atoms with E-state index in [0.717, 1.165) is 28.7 Å². The third kappa shape index (κ3) is 18.7. The molecule has 0 atom stereocenters. The Morgan fingerprint density at radius 1 is 0.597 bits per heavy atom. The smallest absolute Gasteiger partial charge is 0.405 e. The van der Waals surface area contributed by atoms with Gasteiger partial charge in [0.1, 0.15) is 60.9 Å². The number of methoxy groups -OCH3 is 2. The predicted molar refractivity (Wildman–Crippen MR) is 280 cm³/mol. The highest BCUT2D eigenvalue weighted by Crippen LogP contribution is 2.34. The van der Waals surface area contributed by atoms with Crippen LogP contribution < -0.4 is 40.7 Å². The molecule has 5 N–H and O–H groups in total. The Bertz CT molecular complexity index is 3430. The summed E-state index contributed by atoms with van der Waals surface area (Å²) in [6.07, 6.45) is -12.9. The first-order chi connectivity index (χ1) is 36.2. The van der Waals surface area contributed by atoms with Crippen LogP contribution in [0.15, 0.2) is 131 Å². The first-order valence-corrected chi connectivity index (χ1v) is 25.1. The van der Waals surface area contributed by atoms with Crippen molar-refractivity contribution in [1.29, 1.82) is 0 Å². The molecule has 0 unspecified atom stereocenters. The molecule has 8 rings (SSSR count). The van der Waals surface area contributed by atoms with Gasteiger partial charge in [-0.25, -0.2) is 18.4 Å². The molecule has 3 aromatic heterocycles. The van der Waals surface area contributed by atoms with Crippen molar-refractivity contribution in [1.82, 2.24) is 15.0 Å². The van der Waals surface area contributed by atoms with Gasteiger partial charge in [0.05, 0.1) is 58.1 Å². The van der Waals surface area contributed by atoms with Crippen LogP contribution in [-0.4, -0.2) is 81.5 Å². The van der Waals surface area contributed by atoms with E-state index in [2.05, 4.69) is 31.3 Å². The number of hydrogen-bond donors (Lipinski definition) is 4. The number of aromatic amines is 1. The quantitative estimate of drug-likeness (QED) is 0.0758. The summed E-state index contributed by atoms with van der Waals surface area (Å²) in [4.78, 5) is 22.8. The number of rotatable bonds is 14. The van der Waals surface area contributed by atoms with Crippen molar-refractivity contribution in [3.63, 3.8) is 0 Å². The van der Waals surface area contributed by atoms with E-state index in [4.69, 9.17) is 53.8 Å². The third-order valence-electron chi connectivity index (χ3n) is 10.3. The maximum atomic E-state index is 12.5. The fraction of sp³-hybridized carbons (Fsp3) is 0.235. The van der Waals surface area contributed by atoms with Gasteiger partial charge in [0.2, 0.25) is 0 Å². The van der Waals surface area contributed by atoms with Crippen LogP contribution in [0.1, 0.15) is 18.1 Å². The average molecular weight is 1160 g/mol. The Hall–Kier alpha value is -6.92. The van der Waals surface area contributed by atoms with Gasteiger partial charge >= 0.3 is 18.5 Å². The van der Waals surface area contributed by atoms with Crippen LogP contribution in [0.3, 0.4) is 0 Å². The summed E-state index contributed by atoms with van der Waals surface area (Å²) in [5.41, 5.74) is 6.70. The van der Waals surface area contributed by atoms with Crippen molar-refractivity contribution >= 4 is 89.0 Å². The molecule has 0 amide bonds. The lowest BCUT2D eigenvalue weighted by molar-refractivity contribution is -0.119. The first kappa shape index (κ1) is 60.9. The van der Waals surface area contributed by atoms with Crippen LogP contribution >= 0.6 is 34.8 Å². The third-order valence-corrected chi connectivity index (χ3v) is 12.8. The number of fused-ring (bicyclic) bond motifs is 3. The molecule has 5 aromatic carbocycles. The lowest BCUT2D eigenvalue weighted by atomic mass is 10.2. The highest BCUT2D eigenvalue weighted by molar-refractivity contribution is 7.91. The maximum absolute atomic E-state index is 12.5. The Balaban J connectivity index is 0.000000205. The lowest BCUT2D eigenvalue weighted by Crippen LogP contribution is -2.22. The van der Waals surface area contributed by atoms with E-state index in [1.165, 1.54) is 12.1 Å². The predicted octanol–water partition coefficient (Wildman–Crippen LogP) is 13.4. The molecule has 0 spiro atoms. The molecule has 13 nitrogen and oxygen atoms in total. The molecule has 0 saturated carbocycles. The molecule has 412 valence electrons. The standard InChI is InChI=1S/C19H16ClF3N2O2.C19H18ClNO4S.C11H8ClF3N2O.C2H4F3N/c1-26-13-7-5-12(6-8-13)10-27-16-9-17(24-11-19(21,22)23)25-18-14(16)3-2-4-15(18)20;1-3-26(22,23)18-11-17(15-5-4-6-16(20)19(15)21-18)25-12-13-7-9-14(24-2)10-8-13;12-7-3-1-2-6-8(18)4-9(17-10(6)7)16-5-11(13,14)15;3-2(4,5)1-6/h2-9H,10-11H2,1H3,(H,24,25);4-11H,3,12H2,1-2H3;1-4H,5H2,(H2,16,17,18);1,6H2. The molecule has 0 radical (unpaired) electrons. The average Bonchev–Trinajstić information content (AvgIpc) is 3.41. The van der Waals surface area contributed by atoms with Crippen molar-refractivity contribution < 1.29 is 66.9 Å². The number of hydrogen-bond acceptors (Lipinski definition) is 12. The van der Waals surface area contributed by atoms with Crippen molar-refractivity contribution in [3.05, 3.63) is 158 Å². The Morgan fingerprint density at radius 2 is 1.04 bits per heavy atom. The zero-order valence-electron chi connectivity index (χ0n) is 40.6. The minimum atomic E-state index is -4.36. The molecule has 3 heterocycles. The second-order valence-electron chi connectivity index (χ2n) is 15.9. The van der Waals surface area contributed by atoms with Crippen molar-refractivity contribution in [2.45, 2.75) is 43.7 Å². The van der Waals surface area contributed by atoms with Gasteiger partial charge in [0.15, 0.2) is 20.3 Å². The monoisotopic (exact) mass is 1160 g/mol. The van der Waals surface area contributed by atoms with Gasteiger partial charge in [0, 0.05) is 34.4 Å². The number of H-pyrrole nitrogens is 1. The number of nitrogens with one attached hydrogen (secondary N) is 3. The summed E-state index contributed by atoms with van der Waals surface area (Å²) in [7, 11) is -0.305. The van der Waals surface area contributed by atoms with Gasteiger partial charge in [-0.2, -0.15) is 39.5 Å². The molecule has 26 heteroatoms. The summed E-state index contributed by atoms with van der Waals surface area (Å²) < 4.78 is 152. The number of anilines is 2. The number of pyridine rings is 3. The minimum Gasteiger partial charge on any atom is -0.497 e. The van der Waals surface area contributed by atoms with Crippen molar-refractivity contribution in [3.8, 4) is 23.0 Å². The van der Waals surface area contributed by atoms with Crippen LogP contribution in [0.25, 0.3) is 32.7 Å². The highest BCUT2D eigenvalue weighted by atomic mass is 35.5. The molecule has 0 bridgehead atoms. The van der Waals surface area contributed by atoms with E-state index in [1.54, 1.807) is 87.9 Å². The second-order valence-corrected chi connectivity index (χ2v) is 19.3. The number of sulfone groups is 1. The van der Waals surface area contributed by atoms with Gasteiger partial charge in [-0.15, -0.1) is 0 Å². The zero-order valence-corrected chi connectivity index (χ0v) is 43.6. The molecule has 0 aliphatic rings. The van der Waals surface area contributed by atoms with Crippen LogP contribution in [0.5, 0.6) is 23.0 Å². The first-order valence-electron chi connectivity index (χ1n) is 22.3.